The number of thioether (sulfide) groups is 1. The molecule has 0 saturated heterocycles. The van der Waals surface area contributed by atoms with Gasteiger partial charge >= 0.3 is 0 Å². The van der Waals surface area contributed by atoms with Gasteiger partial charge in [0.1, 0.15) is 5.75 Å². The summed E-state index contributed by atoms with van der Waals surface area (Å²) < 4.78 is 18.4. The highest BCUT2D eigenvalue weighted by Crippen LogP contribution is 2.31. The van der Waals surface area contributed by atoms with Crippen molar-refractivity contribution in [3.63, 3.8) is 0 Å². The van der Waals surface area contributed by atoms with E-state index in [0.29, 0.717) is 45.4 Å². The highest BCUT2D eigenvalue weighted by Gasteiger charge is 2.20. The molecule has 0 aliphatic carbocycles. The molecule has 1 heterocycles. The first-order valence-corrected chi connectivity index (χ1v) is 11.1. The number of nitrogens with zero attached hydrogens (tertiary/aromatic N) is 3. The second-order valence-corrected chi connectivity index (χ2v) is 7.91. The Morgan fingerprint density at radius 2 is 1.84 bits per heavy atom. The normalized spacial score (nSPS) is 11.8. The number of ether oxygens (including phenoxy) is 3. The molecule has 3 rings (SSSR count). The van der Waals surface area contributed by atoms with Crippen LogP contribution >= 0.6 is 23.4 Å². The van der Waals surface area contributed by atoms with E-state index in [0.717, 1.165) is 0 Å². The number of aromatic nitrogens is 3. The average Bonchev–Trinajstić information content (AvgIpc) is 3.21. The number of hydrogen-bond acceptors (Lipinski definition) is 7. The zero-order valence-corrected chi connectivity index (χ0v) is 19.4. The van der Waals surface area contributed by atoms with E-state index in [1.807, 2.05) is 36.6 Å². The Kier molecular flexibility index (Phi) is 7.81. The highest BCUT2D eigenvalue weighted by molar-refractivity contribution is 7.99. The van der Waals surface area contributed by atoms with Crippen LogP contribution in [0.4, 0.5) is 0 Å². The summed E-state index contributed by atoms with van der Waals surface area (Å²) >= 11 is 7.52. The van der Waals surface area contributed by atoms with Crippen LogP contribution in [0.15, 0.2) is 47.6 Å². The van der Waals surface area contributed by atoms with E-state index in [-0.39, 0.29) is 17.6 Å². The Morgan fingerprint density at radius 1 is 1.10 bits per heavy atom. The molecule has 0 fully saturated rings. The number of Topliss-reactive ketones (excluding diaryl/α,β-unsaturated/α-hetero) is 1. The lowest BCUT2D eigenvalue weighted by atomic mass is 10.1. The third-order valence-corrected chi connectivity index (χ3v) is 5.88. The molecule has 0 amide bonds. The van der Waals surface area contributed by atoms with Crippen molar-refractivity contribution in [3.8, 4) is 17.2 Å². The highest BCUT2D eigenvalue weighted by atomic mass is 35.5. The lowest BCUT2D eigenvalue weighted by Crippen LogP contribution is -2.12. The summed E-state index contributed by atoms with van der Waals surface area (Å²) in [5.41, 5.74) is 0.545. The van der Waals surface area contributed by atoms with Gasteiger partial charge in [-0.05, 0) is 44.2 Å². The number of carbonyl (C=O) groups is 1. The van der Waals surface area contributed by atoms with E-state index in [1.165, 1.54) is 18.9 Å². The van der Waals surface area contributed by atoms with Gasteiger partial charge in [0.15, 0.2) is 34.4 Å². The number of benzene rings is 2. The molecule has 1 atom stereocenters. The van der Waals surface area contributed by atoms with Gasteiger partial charge in [-0.25, -0.2) is 0 Å². The molecule has 0 bridgehead atoms. The number of hydrogen-bond donors (Lipinski definition) is 0. The first kappa shape index (κ1) is 23.0. The van der Waals surface area contributed by atoms with Crippen LogP contribution in [0.5, 0.6) is 17.2 Å². The van der Waals surface area contributed by atoms with Crippen molar-refractivity contribution in [2.45, 2.75) is 31.7 Å². The summed E-state index contributed by atoms with van der Waals surface area (Å²) in [4.78, 5) is 12.7. The fourth-order valence-corrected chi connectivity index (χ4v) is 4.10. The van der Waals surface area contributed by atoms with Gasteiger partial charge in [-0.1, -0.05) is 35.5 Å². The SMILES string of the molecule is CCn1c(SCC(=O)c2ccc(OC)c(OC)c2)nnc1C(C)Oc1ccccc1Cl. The van der Waals surface area contributed by atoms with Crippen molar-refractivity contribution in [1.82, 2.24) is 14.8 Å². The summed E-state index contributed by atoms with van der Waals surface area (Å²) in [7, 11) is 3.10. The Morgan fingerprint density at radius 3 is 2.52 bits per heavy atom. The molecule has 0 radical (unpaired) electrons. The number of methoxy groups -OCH3 is 2. The maximum atomic E-state index is 12.7. The molecule has 0 aliphatic heterocycles. The number of ketones is 1. The van der Waals surface area contributed by atoms with E-state index in [2.05, 4.69) is 10.2 Å². The lowest BCUT2D eigenvalue weighted by Gasteiger charge is -2.16. The zero-order chi connectivity index (χ0) is 22.4. The number of halogens is 1. The van der Waals surface area contributed by atoms with E-state index in [1.54, 1.807) is 31.4 Å². The van der Waals surface area contributed by atoms with Gasteiger partial charge in [0.05, 0.1) is 25.0 Å². The topological polar surface area (TPSA) is 75.5 Å². The Labute approximate surface area is 190 Å². The molecule has 0 aliphatic rings. The van der Waals surface area contributed by atoms with E-state index in [9.17, 15) is 4.79 Å². The molecule has 31 heavy (non-hydrogen) atoms. The minimum Gasteiger partial charge on any atom is -0.493 e. The number of para-hydroxylation sites is 1. The molecule has 0 spiro atoms. The Bertz CT molecular complexity index is 1060. The van der Waals surface area contributed by atoms with Gasteiger partial charge in [-0.3, -0.25) is 4.79 Å². The van der Waals surface area contributed by atoms with Crippen LogP contribution in [-0.2, 0) is 6.54 Å². The molecule has 1 unspecified atom stereocenters. The van der Waals surface area contributed by atoms with Gasteiger partial charge in [0, 0.05) is 12.1 Å². The standard InChI is InChI=1S/C22H24ClN3O4S/c1-5-26-21(14(2)30-18-9-7-6-8-16(18)23)24-25-22(26)31-13-17(27)15-10-11-19(28-3)20(12-15)29-4/h6-12,14H,5,13H2,1-4H3. The summed E-state index contributed by atoms with van der Waals surface area (Å²) in [5.74, 6) is 2.52. The molecule has 0 saturated carbocycles. The quantitative estimate of drug-likeness (QED) is 0.307. The fourth-order valence-electron chi connectivity index (χ4n) is 3.01. The second kappa shape index (κ2) is 10.5. The van der Waals surface area contributed by atoms with Crippen LogP contribution in [0.25, 0.3) is 0 Å². The van der Waals surface area contributed by atoms with Crippen molar-refractivity contribution >= 4 is 29.1 Å². The molecule has 7 nitrogen and oxygen atoms in total. The molecule has 1 aromatic heterocycles. The molecule has 3 aromatic rings. The fraction of sp³-hybridized carbons (Fsp3) is 0.318. The van der Waals surface area contributed by atoms with E-state index in [4.69, 9.17) is 25.8 Å². The second-order valence-electron chi connectivity index (χ2n) is 6.56. The molecule has 2 aromatic carbocycles. The maximum Gasteiger partial charge on any atom is 0.191 e. The molecule has 164 valence electrons. The monoisotopic (exact) mass is 461 g/mol. The number of carbonyl (C=O) groups excluding carboxylic acids is 1. The largest absolute Gasteiger partial charge is 0.493 e. The van der Waals surface area contributed by atoms with Gasteiger partial charge in [-0.2, -0.15) is 0 Å². The molecule has 9 heteroatoms. The minimum atomic E-state index is -0.358. The zero-order valence-electron chi connectivity index (χ0n) is 17.8. The van der Waals surface area contributed by atoms with Gasteiger partial charge in [0.25, 0.3) is 0 Å². The molecule has 0 N–H and O–H groups in total. The summed E-state index contributed by atoms with van der Waals surface area (Å²) in [6.07, 6.45) is -0.358. The van der Waals surface area contributed by atoms with Crippen LogP contribution in [0.2, 0.25) is 5.02 Å². The van der Waals surface area contributed by atoms with E-state index < -0.39 is 0 Å². The van der Waals surface area contributed by atoms with Crippen LogP contribution in [0.3, 0.4) is 0 Å². The van der Waals surface area contributed by atoms with Crippen molar-refractivity contribution in [3.05, 3.63) is 58.9 Å². The van der Waals surface area contributed by atoms with Crippen molar-refractivity contribution in [2.24, 2.45) is 0 Å². The smallest absolute Gasteiger partial charge is 0.191 e. The summed E-state index contributed by atoms with van der Waals surface area (Å²) in [5, 5.41) is 9.74. The van der Waals surface area contributed by atoms with Crippen LogP contribution in [0, 0.1) is 0 Å². The van der Waals surface area contributed by atoms with Gasteiger partial charge in [0.2, 0.25) is 0 Å². The number of rotatable bonds is 10. The molecular formula is C22H24ClN3O4S. The van der Waals surface area contributed by atoms with Crippen molar-refractivity contribution in [1.29, 1.82) is 0 Å². The van der Waals surface area contributed by atoms with Crippen LogP contribution in [-0.4, -0.2) is 40.5 Å². The Hall–Kier alpha value is -2.71. The van der Waals surface area contributed by atoms with Crippen molar-refractivity contribution < 1.29 is 19.0 Å². The van der Waals surface area contributed by atoms with Crippen LogP contribution in [0.1, 0.15) is 36.1 Å². The van der Waals surface area contributed by atoms with Crippen molar-refractivity contribution in [2.75, 3.05) is 20.0 Å². The summed E-state index contributed by atoms with van der Waals surface area (Å²) in [6.45, 7) is 4.53. The first-order valence-electron chi connectivity index (χ1n) is 9.70. The first-order chi connectivity index (χ1) is 15.0. The summed E-state index contributed by atoms with van der Waals surface area (Å²) in [6, 6.07) is 12.4. The van der Waals surface area contributed by atoms with Gasteiger partial charge in [-0.15, -0.1) is 10.2 Å². The Balaban J connectivity index is 1.71. The average molecular weight is 462 g/mol. The minimum absolute atomic E-state index is 0.0430. The maximum absolute atomic E-state index is 12.7. The van der Waals surface area contributed by atoms with E-state index >= 15 is 0 Å². The predicted octanol–water partition coefficient (Wildman–Crippen LogP) is 5.08. The lowest BCUT2D eigenvalue weighted by molar-refractivity contribution is 0.102. The predicted molar refractivity (Wildman–Crippen MR) is 121 cm³/mol. The molecular weight excluding hydrogens is 438 g/mol. The third-order valence-electron chi connectivity index (χ3n) is 4.60. The van der Waals surface area contributed by atoms with Gasteiger partial charge < -0.3 is 18.8 Å². The third kappa shape index (κ3) is 5.32. The van der Waals surface area contributed by atoms with Crippen LogP contribution < -0.4 is 14.2 Å².